The number of anilines is 1. The molecule has 94 valence electrons. The van der Waals surface area contributed by atoms with Crippen molar-refractivity contribution in [1.29, 1.82) is 0 Å². The first-order chi connectivity index (χ1) is 8.29. The second-order valence-electron chi connectivity index (χ2n) is 4.61. The maximum atomic E-state index is 4.57. The van der Waals surface area contributed by atoms with Crippen LogP contribution in [0.1, 0.15) is 31.3 Å². The van der Waals surface area contributed by atoms with Gasteiger partial charge in [0.2, 0.25) is 0 Å². The van der Waals surface area contributed by atoms with E-state index in [9.17, 15) is 0 Å². The molecule has 0 unspecified atom stereocenters. The lowest BCUT2D eigenvalue weighted by Crippen LogP contribution is -2.29. The van der Waals surface area contributed by atoms with E-state index in [2.05, 4.69) is 33.2 Å². The van der Waals surface area contributed by atoms with E-state index in [-0.39, 0.29) is 0 Å². The predicted molar refractivity (Wildman–Crippen MR) is 70.5 cm³/mol. The minimum absolute atomic E-state index is 0.892. The van der Waals surface area contributed by atoms with Crippen LogP contribution in [0, 0.1) is 6.92 Å². The van der Waals surface area contributed by atoms with E-state index in [0.29, 0.717) is 0 Å². The first-order valence-electron chi connectivity index (χ1n) is 6.60. The Balaban J connectivity index is 2.17. The second kappa shape index (κ2) is 5.96. The number of nitrogens with zero attached hydrogens (tertiary/aromatic N) is 3. The van der Waals surface area contributed by atoms with Gasteiger partial charge in [0.15, 0.2) is 0 Å². The molecule has 1 saturated heterocycles. The highest BCUT2D eigenvalue weighted by Crippen LogP contribution is 2.14. The van der Waals surface area contributed by atoms with E-state index in [4.69, 9.17) is 0 Å². The van der Waals surface area contributed by atoms with E-state index in [1.807, 2.05) is 6.92 Å². The Bertz CT molecular complexity index is 356. The maximum Gasteiger partial charge on any atom is 0.132 e. The largest absolute Gasteiger partial charge is 0.355 e. The first kappa shape index (κ1) is 12.3. The van der Waals surface area contributed by atoms with Crippen molar-refractivity contribution >= 4 is 5.82 Å². The molecule has 4 nitrogen and oxygen atoms in total. The van der Waals surface area contributed by atoms with Crippen molar-refractivity contribution in [3.63, 3.8) is 0 Å². The van der Waals surface area contributed by atoms with Gasteiger partial charge in [-0.25, -0.2) is 9.97 Å². The van der Waals surface area contributed by atoms with Gasteiger partial charge in [-0.1, -0.05) is 13.3 Å². The lowest BCUT2D eigenvalue weighted by atomic mass is 10.2. The van der Waals surface area contributed by atoms with Gasteiger partial charge < -0.3 is 10.2 Å². The Kier molecular flexibility index (Phi) is 4.31. The summed E-state index contributed by atoms with van der Waals surface area (Å²) in [5.41, 5.74) is 1.17. The van der Waals surface area contributed by atoms with Crippen LogP contribution in [0.2, 0.25) is 0 Å². The molecule has 0 spiro atoms. The molecular formula is C13H22N4. The fraction of sp³-hybridized carbons (Fsp3) is 0.692. The van der Waals surface area contributed by atoms with Crippen LogP contribution in [-0.4, -0.2) is 36.1 Å². The zero-order chi connectivity index (χ0) is 12.1. The molecular weight excluding hydrogens is 212 g/mol. The van der Waals surface area contributed by atoms with Crippen molar-refractivity contribution < 1.29 is 0 Å². The van der Waals surface area contributed by atoms with Gasteiger partial charge in [-0.15, -0.1) is 0 Å². The highest BCUT2D eigenvalue weighted by molar-refractivity contribution is 5.40. The Hall–Kier alpha value is -1.16. The van der Waals surface area contributed by atoms with Crippen molar-refractivity contribution in [2.45, 2.75) is 33.1 Å². The number of rotatable bonds is 3. The molecule has 0 aromatic carbocycles. The van der Waals surface area contributed by atoms with E-state index in [1.165, 1.54) is 12.1 Å². The third-order valence-electron chi connectivity index (χ3n) is 3.05. The molecule has 17 heavy (non-hydrogen) atoms. The van der Waals surface area contributed by atoms with Gasteiger partial charge in [0.1, 0.15) is 11.6 Å². The van der Waals surface area contributed by atoms with Crippen LogP contribution in [0.5, 0.6) is 0 Å². The number of aromatic nitrogens is 2. The minimum atomic E-state index is 0.892. The SMILES string of the molecule is CCCc1cc(N2CCCNCC2)nc(C)n1. The Morgan fingerprint density at radius 2 is 2.18 bits per heavy atom. The summed E-state index contributed by atoms with van der Waals surface area (Å²) in [6.07, 6.45) is 3.37. The van der Waals surface area contributed by atoms with Gasteiger partial charge in [-0.2, -0.15) is 0 Å². The average molecular weight is 234 g/mol. The molecule has 4 heteroatoms. The average Bonchev–Trinajstić information content (AvgIpc) is 2.57. The molecule has 1 fully saturated rings. The summed E-state index contributed by atoms with van der Waals surface area (Å²) in [5, 5.41) is 3.42. The van der Waals surface area contributed by atoms with Gasteiger partial charge in [0, 0.05) is 31.4 Å². The maximum absolute atomic E-state index is 4.57. The number of aryl methyl sites for hydroxylation is 2. The van der Waals surface area contributed by atoms with Crippen molar-refractivity contribution in [2.24, 2.45) is 0 Å². The van der Waals surface area contributed by atoms with Gasteiger partial charge in [0.25, 0.3) is 0 Å². The van der Waals surface area contributed by atoms with Crippen molar-refractivity contribution in [3.8, 4) is 0 Å². The molecule has 0 atom stereocenters. The lowest BCUT2D eigenvalue weighted by molar-refractivity contribution is 0.724. The Morgan fingerprint density at radius 3 is 3.00 bits per heavy atom. The van der Waals surface area contributed by atoms with E-state index < -0.39 is 0 Å². The fourth-order valence-corrected chi connectivity index (χ4v) is 2.23. The standard InChI is InChI=1S/C13H22N4/c1-3-5-12-10-13(16-11(2)15-12)17-8-4-6-14-7-9-17/h10,14H,3-9H2,1-2H3. The molecule has 2 rings (SSSR count). The Labute approximate surface area is 103 Å². The van der Waals surface area contributed by atoms with Crippen LogP contribution in [0.25, 0.3) is 0 Å². The molecule has 0 bridgehead atoms. The van der Waals surface area contributed by atoms with Gasteiger partial charge in [-0.3, -0.25) is 0 Å². The molecule has 1 aliphatic rings. The third kappa shape index (κ3) is 3.40. The van der Waals surface area contributed by atoms with E-state index >= 15 is 0 Å². The summed E-state index contributed by atoms with van der Waals surface area (Å²) < 4.78 is 0. The van der Waals surface area contributed by atoms with Crippen LogP contribution in [0.4, 0.5) is 5.82 Å². The molecule has 0 radical (unpaired) electrons. The third-order valence-corrected chi connectivity index (χ3v) is 3.05. The van der Waals surface area contributed by atoms with Gasteiger partial charge >= 0.3 is 0 Å². The van der Waals surface area contributed by atoms with Crippen LogP contribution < -0.4 is 10.2 Å². The zero-order valence-corrected chi connectivity index (χ0v) is 10.9. The van der Waals surface area contributed by atoms with E-state index in [1.54, 1.807) is 0 Å². The van der Waals surface area contributed by atoms with Crippen LogP contribution in [-0.2, 0) is 6.42 Å². The molecule has 1 N–H and O–H groups in total. The van der Waals surface area contributed by atoms with Crippen molar-refractivity contribution in [1.82, 2.24) is 15.3 Å². The Morgan fingerprint density at radius 1 is 1.29 bits per heavy atom. The quantitative estimate of drug-likeness (QED) is 0.861. The summed E-state index contributed by atoms with van der Waals surface area (Å²) in [4.78, 5) is 11.4. The second-order valence-corrected chi connectivity index (χ2v) is 4.61. The topological polar surface area (TPSA) is 41.0 Å². The number of hydrogen-bond acceptors (Lipinski definition) is 4. The summed E-state index contributed by atoms with van der Waals surface area (Å²) in [6, 6.07) is 2.15. The minimum Gasteiger partial charge on any atom is -0.355 e. The fourth-order valence-electron chi connectivity index (χ4n) is 2.23. The zero-order valence-electron chi connectivity index (χ0n) is 10.9. The molecule has 1 aromatic heterocycles. The van der Waals surface area contributed by atoms with Crippen LogP contribution in [0.15, 0.2) is 6.07 Å². The van der Waals surface area contributed by atoms with Gasteiger partial charge in [0.05, 0.1) is 0 Å². The summed E-state index contributed by atoms with van der Waals surface area (Å²) in [6.45, 7) is 8.47. The highest BCUT2D eigenvalue weighted by atomic mass is 15.2. The van der Waals surface area contributed by atoms with Gasteiger partial charge in [-0.05, 0) is 26.3 Å². The molecule has 1 aliphatic heterocycles. The summed E-state index contributed by atoms with van der Waals surface area (Å²) >= 11 is 0. The summed E-state index contributed by atoms with van der Waals surface area (Å²) in [7, 11) is 0. The molecule has 0 saturated carbocycles. The molecule has 1 aromatic rings. The van der Waals surface area contributed by atoms with Crippen molar-refractivity contribution in [3.05, 3.63) is 17.6 Å². The van der Waals surface area contributed by atoms with Crippen molar-refractivity contribution in [2.75, 3.05) is 31.1 Å². The predicted octanol–water partition coefficient (Wildman–Crippen LogP) is 1.54. The number of hydrogen-bond donors (Lipinski definition) is 1. The first-order valence-corrected chi connectivity index (χ1v) is 6.60. The monoisotopic (exact) mass is 234 g/mol. The summed E-state index contributed by atoms with van der Waals surface area (Å²) in [5.74, 6) is 1.99. The smallest absolute Gasteiger partial charge is 0.132 e. The molecule has 0 amide bonds. The number of nitrogens with one attached hydrogen (secondary N) is 1. The molecule has 0 aliphatic carbocycles. The van der Waals surface area contributed by atoms with E-state index in [0.717, 1.165) is 50.7 Å². The van der Waals surface area contributed by atoms with Crippen LogP contribution in [0.3, 0.4) is 0 Å². The highest BCUT2D eigenvalue weighted by Gasteiger charge is 2.12. The normalized spacial score (nSPS) is 16.9. The lowest BCUT2D eigenvalue weighted by Gasteiger charge is -2.21. The van der Waals surface area contributed by atoms with Crippen LogP contribution >= 0.6 is 0 Å². The molecule has 2 heterocycles.